The van der Waals surface area contributed by atoms with E-state index in [0.29, 0.717) is 32.6 Å². The van der Waals surface area contributed by atoms with Crippen molar-refractivity contribution in [3.63, 3.8) is 0 Å². The van der Waals surface area contributed by atoms with Gasteiger partial charge in [0.05, 0.1) is 19.3 Å². The molecule has 1 heterocycles. The summed E-state index contributed by atoms with van der Waals surface area (Å²) < 4.78 is 5.30. The Kier molecular flexibility index (Phi) is 7.00. The predicted molar refractivity (Wildman–Crippen MR) is 71.2 cm³/mol. The summed E-state index contributed by atoms with van der Waals surface area (Å²) in [5.74, 6) is -1.23. The molecule has 1 fully saturated rings. The molecule has 1 unspecified atom stereocenters. The Hall–Kier alpha value is -1.63. The Morgan fingerprint density at radius 3 is 2.65 bits per heavy atom. The van der Waals surface area contributed by atoms with Gasteiger partial charge in [-0.2, -0.15) is 0 Å². The number of aliphatic carboxylic acids is 1. The SMILES string of the molecule is CCC1COCCN1C(=O)NC(=O)CCCCC(=O)O. The summed E-state index contributed by atoms with van der Waals surface area (Å²) in [5, 5.41) is 10.8. The molecule has 2 N–H and O–H groups in total. The third-order valence-corrected chi connectivity index (χ3v) is 3.25. The maximum absolute atomic E-state index is 12.0. The average molecular weight is 286 g/mol. The van der Waals surface area contributed by atoms with Crippen molar-refractivity contribution < 1.29 is 24.2 Å². The lowest BCUT2D eigenvalue weighted by Gasteiger charge is -2.34. The van der Waals surface area contributed by atoms with E-state index in [1.807, 2.05) is 6.92 Å². The van der Waals surface area contributed by atoms with Crippen LogP contribution in [-0.4, -0.2) is 53.7 Å². The first-order valence-corrected chi connectivity index (χ1v) is 6.94. The summed E-state index contributed by atoms with van der Waals surface area (Å²) in [4.78, 5) is 35.5. The predicted octanol–water partition coefficient (Wildman–Crippen LogP) is 0.978. The topological polar surface area (TPSA) is 95.9 Å². The first kappa shape index (κ1) is 16.4. The minimum atomic E-state index is -0.874. The van der Waals surface area contributed by atoms with Gasteiger partial charge in [-0.1, -0.05) is 6.92 Å². The molecule has 7 heteroatoms. The van der Waals surface area contributed by atoms with Crippen LogP contribution in [0.15, 0.2) is 0 Å². The molecule has 0 aromatic heterocycles. The van der Waals surface area contributed by atoms with E-state index in [1.54, 1.807) is 4.90 Å². The van der Waals surface area contributed by atoms with Crippen LogP contribution in [0, 0.1) is 0 Å². The zero-order valence-corrected chi connectivity index (χ0v) is 11.8. The fraction of sp³-hybridized carbons (Fsp3) is 0.769. The molecule has 1 saturated heterocycles. The van der Waals surface area contributed by atoms with Crippen molar-refractivity contribution >= 4 is 17.9 Å². The zero-order valence-electron chi connectivity index (χ0n) is 11.8. The number of carbonyl (C=O) groups is 3. The fourth-order valence-corrected chi connectivity index (χ4v) is 2.08. The Morgan fingerprint density at radius 2 is 2.00 bits per heavy atom. The zero-order chi connectivity index (χ0) is 15.0. The van der Waals surface area contributed by atoms with Gasteiger partial charge < -0.3 is 14.7 Å². The molecule has 0 radical (unpaired) electrons. The largest absolute Gasteiger partial charge is 0.481 e. The minimum Gasteiger partial charge on any atom is -0.481 e. The second-order valence-electron chi connectivity index (χ2n) is 4.78. The van der Waals surface area contributed by atoms with Gasteiger partial charge in [0.15, 0.2) is 0 Å². The van der Waals surface area contributed by atoms with E-state index in [4.69, 9.17) is 9.84 Å². The molecule has 0 aromatic rings. The van der Waals surface area contributed by atoms with Crippen molar-refractivity contribution in [2.75, 3.05) is 19.8 Å². The molecule has 0 bridgehead atoms. The van der Waals surface area contributed by atoms with E-state index in [-0.39, 0.29) is 30.8 Å². The van der Waals surface area contributed by atoms with E-state index >= 15 is 0 Å². The number of unbranched alkanes of at least 4 members (excludes halogenated alkanes) is 1. The van der Waals surface area contributed by atoms with Crippen LogP contribution in [0.2, 0.25) is 0 Å². The summed E-state index contributed by atoms with van der Waals surface area (Å²) in [7, 11) is 0. The number of morpholine rings is 1. The summed E-state index contributed by atoms with van der Waals surface area (Å²) in [6, 6.07) is -0.382. The standard InChI is InChI=1S/C13H22N2O5/c1-2-10-9-20-8-7-15(10)13(19)14-11(16)5-3-4-6-12(17)18/h10H,2-9H2,1H3,(H,17,18)(H,14,16,19). The summed E-state index contributed by atoms with van der Waals surface area (Å²) in [6.45, 7) is 3.43. The summed E-state index contributed by atoms with van der Waals surface area (Å²) >= 11 is 0. The number of hydrogen-bond donors (Lipinski definition) is 2. The van der Waals surface area contributed by atoms with E-state index in [9.17, 15) is 14.4 Å². The molecule has 7 nitrogen and oxygen atoms in total. The Balaban J connectivity index is 2.29. The van der Waals surface area contributed by atoms with Crippen LogP contribution in [-0.2, 0) is 14.3 Å². The van der Waals surface area contributed by atoms with E-state index < -0.39 is 5.97 Å². The molecule has 1 aliphatic rings. The highest BCUT2D eigenvalue weighted by molar-refractivity contribution is 5.94. The molecular formula is C13H22N2O5. The smallest absolute Gasteiger partial charge is 0.324 e. The number of nitrogens with one attached hydrogen (secondary N) is 1. The second-order valence-corrected chi connectivity index (χ2v) is 4.78. The van der Waals surface area contributed by atoms with E-state index in [0.717, 1.165) is 6.42 Å². The van der Waals surface area contributed by atoms with Crippen LogP contribution in [0.1, 0.15) is 39.0 Å². The van der Waals surface area contributed by atoms with E-state index in [2.05, 4.69) is 5.32 Å². The molecule has 1 aliphatic heterocycles. The number of imide groups is 1. The molecule has 0 aliphatic carbocycles. The maximum atomic E-state index is 12.0. The van der Waals surface area contributed by atoms with Crippen LogP contribution < -0.4 is 5.32 Å². The Bertz CT molecular complexity index is 359. The van der Waals surface area contributed by atoms with Gasteiger partial charge >= 0.3 is 12.0 Å². The van der Waals surface area contributed by atoms with Gasteiger partial charge in [0.2, 0.25) is 5.91 Å². The molecular weight excluding hydrogens is 264 g/mol. The van der Waals surface area contributed by atoms with Gasteiger partial charge in [0.1, 0.15) is 0 Å². The highest BCUT2D eigenvalue weighted by Crippen LogP contribution is 2.10. The Labute approximate surface area is 118 Å². The number of amides is 3. The molecule has 3 amide bonds. The van der Waals surface area contributed by atoms with Crippen molar-refractivity contribution in [1.82, 2.24) is 10.2 Å². The number of hydrogen-bond acceptors (Lipinski definition) is 4. The lowest BCUT2D eigenvalue weighted by atomic mass is 10.2. The molecule has 0 saturated carbocycles. The fourth-order valence-electron chi connectivity index (χ4n) is 2.08. The van der Waals surface area contributed by atoms with Crippen LogP contribution in [0.4, 0.5) is 4.79 Å². The number of urea groups is 1. The molecule has 1 rings (SSSR count). The third-order valence-electron chi connectivity index (χ3n) is 3.25. The molecule has 0 aromatic carbocycles. The van der Waals surface area contributed by atoms with Gasteiger partial charge in [-0.05, 0) is 19.3 Å². The van der Waals surface area contributed by atoms with E-state index in [1.165, 1.54) is 0 Å². The van der Waals surface area contributed by atoms with Crippen LogP contribution in [0.3, 0.4) is 0 Å². The van der Waals surface area contributed by atoms with Crippen LogP contribution in [0.5, 0.6) is 0 Å². The van der Waals surface area contributed by atoms with Gasteiger partial charge in [-0.3, -0.25) is 14.9 Å². The van der Waals surface area contributed by atoms with Crippen molar-refractivity contribution in [3.8, 4) is 0 Å². The van der Waals surface area contributed by atoms with Crippen LogP contribution in [0.25, 0.3) is 0 Å². The first-order chi connectivity index (χ1) is 9.54. The van der Waals surface area contributed by atoms with Crippen molar-refractivity contribution in [3.05, 3.63) is 0 Å². The number of carbonyl (C=O) groups excluding carboxylic acids is 2. The highest BCUT2D eigenvalue weighted by atomic mass is 16.5. The summed E-state index contributed by atoms with van der Waals surface area (Å²) in [6.07, 6.45) is 1.89. The monoisotopic (exact) mass is 286 g/mol. The van der Waals surface area contributed by atoms with Crippen molar-refractivity contribution in [1.29, 1.82) is 0 Å². The molecule has 1 atom stereocenters. The van der Waals surface area contributed by atoms with Gasteiger partial charge in [0.25, 0.3) is 0 Å². The van der Waals surface area contributed by atoms with Gasteiger partial charge in [-0.25, -0.2) is 4.79 Å². The quantitative estimate of drug-likeness (QED) is 0.709. The first-order valence-electron chi connectivity index (χ1n) is 6.94. The maximum Gasteiger partial charge on any atom is 0.324 e. The number of carboxylic acid groups (broad SMARTS) is 1. The molecule has 0 spiro atoms. The van der Waals surface area contributed by atoms with Gasteiger partial charge in [-0.15, -0.1) is 0 Å². The second kappa shape index (κ2) is 8.52. The molecule has 114 valence electrons. The van der Waals surface area contributed by atoms with Crippen molar-refractivity contribution in [2.24, 2.45) is 0 Å². The van der Waals surface area contributed by atoms with Crippen molar-refractivity contribution in [2.45, 2.75) is 45.1 Å². The number of carboxylic acids is 1. The normalized spacial score (nSPS) is 18.6. The third kappa shape index (κ3) is 5.56. The molecule has 20 heavy (non-hydrogen) atoms. The average Bonchev–Trinajstić information content (AvgIpc) is 2.43. The highest BCUT2D eigenvalue weighted by Gasteiger charge is 2.26. The minimum absolute atomic E-state index is 0.00330. The number of nitrogens with zero attached hydrogens (tertiary/aromatic N) is 1. The number of rotatable bonds is 6. The lowest BCUT2D eigenvalue weighted by molar-refractivity contribution is -0.137. The number of ether oxygens (including phenoxy) is 1. The van der Waals surface area contributed by atoms with Gasteiger partial charge in [0, 0.05) is 19.4 Å². The Morgan fingerprint density at radius 1 is 1.30 bits per heavy atom. The summed E-state index contributed by atoms with van der Waals surface area (Å²) in [5.41, 5.74) is 0. The van der Waals surface area contributed by atoms with Crippen LogP contribution >= 0.6 is 0 Å². The lowest BCUT2D eigenvalue weighted by Crippen LogP contribution is -2.53.